The lowest BCUT2D eigenvalue weighted by Crippen LogP contribution is -2.40. The number of ether oxygens (including phenoxy) is 1. The molecule has 5 heteroatoms. The maximum absolute atomic E-state index is 12.9. The van der Waals surface area contributed by atoms with Crippen LogP contribution in [0.4, 0.5) is 0 Å². The van der Waals surface area contributed by atoms with Gasteiger partial charge in [0.05, 0.1) is 24.3 Å². The van der Waals surface area contributed by atoms with Crippen LogP contribution in [0.5, 0.6) is 0 Å². The Morgan fingerprint density at radius 1 is 1.10 bits per heavy atom. The third kappa shape index (κ3) is 2.69. The summed E-state index contributed by atoms with van der Waals surface area (Å²) >= 11 is 0. The van der Waals surface area contributed by atoms with Crippen molar-refractivity contribution in [1.82, 2.24) is 14.8 Å². The third-order valence-corrected chi connectivity index (χ3v) is 7.04. The van der Waals surface area contributed by atoms with Crippen LogP contribution >= 0.6 is 0 Å². The Labute approximate surface area is 176 Å². The fraction of sp³-hybridized carbons (Fsp3) is 0.360. The first-order chi connectivity index (χ1) is 14.7. The lowest BCUT2D eigenvalue weighted by molar-refractivity contribution is 0.0303. The van der Waals surface area contributed by atoms with Crippen LogP contribution in [0.15, 0.2) is 48.7 Å². The van der Waals surface area contributed by atoms with Gasteiger partial charge in [-0.15, -0.1) is 0 Å². The Kier molecular flexibility index (Phi) is 3.98. The minimum atomic E-state index is 0.0364. The second-order valence-corrected chi connectivity index (χ2v) is 8.77. The van der Waals surface area contributed by atoms with Crippen molar-refractivity contribution in [3.63, 3.8) is 0 Å². The van der Waals surface area contributed by atoms with Crippen LogP contribution < -0.4 is 0 Å². The van der Waals surface area contributed by atoms with Gasteiger partial charge in [-0.3, -0.25) is 14.7 Å². The maximum atomic E-state index is 12.9. The van der Waals surface area contributed by atoms with Crippen molar-refractivity contribution >= 4 is 16.8 Å². The van der Waals surface area contributed by atoms with Crippen LogP contribution in [0.3, 0.4) is 0 Å². The number of para-hydroxylation sites is 1. The molecule has 0 N–H and O–H groups in total. The van der Waals surface area contributed by atoms with Gasteiger partial charge in [-0.2, -0.15) is 0 Å². The number of morpholine rings is 1. The van der Waals surface area contributed by atoms with Gasteiger partial charge in [0, 0.05) is 42.3 Å². The summed E-state index contributed by atoms with van der Waals surface area (Å²) in [5.41, 5.74) is 7.14. The second-order valence-electron chi connectivity index (χ2n) is 8.77. The highest BCUT2D eigenvalue weighted by molar-refractivity contribution is 6.00. The zero-order valence-electron chi connectivity index (χ0n) is 17.2. The van der Waals surface area contributed by atoms with E-state index >= 15 is 0 Å². The van der Waals surface area contributed by atoms with E-state index in [9.17, 15) is 4.79 Å². The van der Waals surface area contributed by atoms with Gasteiger partial charge in [0.2, 0.25) is 0 Å². The number of benzene rings is 2. The molecule has 30 heavy (non-hydrogen) atoms. The van der Waals surface area contributed by atoms with Crippen LogP contribution in [-0.4, -0.2) is 54.0 Å². The van der Waals surface area contributed by atoms with E-state index in [0.29, 0.717) is 31.9 Å². The standard InChI is InChI=1S/C25H25N3O2/c1-27-16-19-6-5-17(14-22(19)25(27)7-8-25)21-4-2-3-18-13-20(15-26-23(18)21)24(29)28-9-11-30-12-10-28/h2-6,13-15H,7-12,16H2,1H3. The summed E-state index contributed by atoms with van der Waals surface area (Å²) in [5.74, 6) is 0.0364. The zero-order chi connectivity index (χ0) is 20.3. The van der Waals surface area contributed by atoms with E-state index in [0.717, 1.165) is 23.0 Å². The molecule has 2 fully saturated rings. The van der Waals surface area contributed by atoms with E-state index in [1.54, 1.807) is 6.20 Å². The number of hydrogen-bond donors (Lipinski definition) is 0. The number of nitrogens with zero attached hydrogens (tertiary/aromatic N) is 3. The lowest BCUT2D eigenvalue weighted by atomic mass is 9.95. The number of rotatable bonds is 2. The quantitative estimate of drug-likeness (QED) is 0.657. The van der Waals surface area contributed by atoms with Crippen LogP contribution in [0.2, 0.25) is 0 Å². The van der Waals surface area contributed by atoms with Crippen molar-refractivity contribution in [1.29, 1.82) is 0 Å². The van der Waals surface area contributed by atoms with Gasteiger partial charge >= 0.3 is 0 Å². The summed E-state index contributed by atoms with van der Waals surface area (Å²) in [5, 5.41) is 1.00. The minimum Gasteiger partial charge on any atom is -0.378 e. The van der Waals surface area contributed by atoms with Crippen molar-refractivity contribution in [2.24, 2.45) is 0 Å². The van der Waals surface area contributed by atoms with Gasteiger partial charge in [0.1, 0.15) is 0 Å². The molecular formula is C25H25N3O2. The molecule has 1 spiro atoms. The number of pyridine rings is 1. The smallest absolute Gasteiger partial charge is 0.255 e. The molecule has 1 amide bonds. The van der Waals surface area contributed by atoms with Crippen LogP contribution in [0.1, 0.15) is 34.3 Å². The monoisotopic (exact) mass is 399 g/mol. The predicted octanol–water partition coefficient (Wildman–Crippen LogP) is 3.81. The summed E-state index contributed by atoms with van der Waals surface area (Å²) in [6.45, 7) is 3.53. The van der Waals surface area contributed by atoms with E-state index in [4.69, 9.17) is 9.72 Å². The molecule has 3 aliphatic rings. The largest absolute Gasteiger partial charge is 0.378 e. The van der Waals surface area contributed by atoms with Crippen LogP contribution in [0.25, 0.3) is 22.0 Å². The molecule has 2 aliphatic heterocycles. The highest BCUT2D eigenvalue weighted by Crippen LogP contribution is 2.56. The minimum absolute atomic E-state index is 0.0364. The Hall–Kier alpha value is -2.76. The van der Waals surface area contributed by atoms with Crippen molar-refractivity contribution < 1.29 is 9.53 Å². The van der Waals surface area contributed by atoms with E-state index in [2.05, 4.69) is 42.3 Å². The second kappa shape index (κ2) is 6.62. The van der Waals surface area contributed by atoms with Gasteiger partial charge in [-0.05, 0) is 48.7 Å². The van der Waals surface area contributed by atoms with Crippen molar-refractivity contribution in [3.8, 4) is 11.1 Å². The molecular weight excluding hydrogens is 374 g/mol. The Morgan fingerprint density at radius 3 is 2.73 bits per heavy atom. The summed E-state index contributed by atoms with van der Waals surface area (Å²) < 4.78 is 5.37. The average Bonchev–Trinajstić information content (AvgIpc) is 3.55. The fourth-order valence-electron chi connectivity index (χ4n) is 5.16. The van der Waals surface area contributed by atoms with Gasteiger partial charge in [0.15, 0.2) is 0 Å². The molecule has 2 aromatic carbocycles. The third-order valence-electron chi connectivity index (χ3n) is 7.04. The summed E-state index contributed by atoms with van der Waals surface area (Å²) in [4.78, 5) is 21.9. The number of amides is 1. The number of fused-ring (bicyclic) bond motifs is 3. The predicted molar refractivity (Wildman–Crippen MR) is 116 cm³/mol. The molecule has 0 bridgehead atoms. The molecule has 1 saturated carbocycles. The average molecular weight is 399 g/mol. The Bertz CT molecular complexity index is 1160. The zero-order valence-corrected chi connectivity index (χ0v) is 17.2. The molecule has 1 aromatic heterocycles. The van der Waals surface area contributed by atoms with Crippen molar-refractivity contribution in [2.75, 3.05) is 33.4 Å². The summed E-state index contributed by atoms with van der Waals surface area (Å²) in [7, 11) is 2.24. The summed E-state index contributed by atoms with van der Waals surface area (Å²) in [6.07, 6.45) is 4.23. The molecule has 3 heterocycles. The molecule has 6 rings (SSSR count). The highest BCUT2D eigenvalue weighted by atomic mass is 16.5. The van der Waals surface area contributed by atoms with Crippen molar-refractivity contribution in [2.45, 2.75) is 24.9 Å². The van der Waals surface area contributed by atoms with Crippen LogP contribution in [-0.2, 0) is 16.8 Å². The molecule has 1 aliphatic carbocycles. The number of aromatic nitrogens is 1. The van der Waals surface area contributed by atoms with Gasteiger partial charge < -0.3 is 9.64 Å². The SMILES string of the molecule is CN1Cc2ccc(-c3cccc4cc(C(=O)N5CCOCC5)cnc34)cc2C12CC2. The van der Waals surface area contributed by atoms with Crippen molar-refractivity contribution in [3.05, 3.63) is 65.4 Å². The molecule has 0 atom stereocenters. The highest BCUT2D eigenvalue weighted by Gasteiger charge is 2.52. The van der Waals surface area contributed by atoms with Crippen LogP contribution in [0, 0.1) is 0 Å². The normalized spacial score (nSPS) is 20.0. The molecule has 0 radical (unpaired) electrons. The Morgan fingerprint density at radius 2 is 1.93 bits per heavy atom. The maximum Gasteiger partial charge on any atom is 0.255 e. The van der Waals surface area contributed by atoms with Gasteiger partial charge in [-0.1, -0.05) is 30.3 Å². The van der Waals surface area contributed by atoms with Gasteiger partial charge in [-0.25, -0.2) is 0 Å². The van der Waals surface area contributed by atoms with E-state index < -0.39 is 0 Å². The van der Waals surface area contributed by atoms with Gasteiger partial charge in [0.25, 0.3) is 5.91 Å². The first-order valence-electron chi connectivity index (χ1n) is 10.8. The van der Waals surface area contributed by atoms with E-state index in [-0.39, 0.29) is 11.4 Å². The van der Waals surface area contributed by atoms with E-state index in [1.165, 1.54) is 29.5 Å². The summed E-state index contributed by atoms with van der Waals surface area (Å²) in [6, 6.07) is 15.1. The molecule has 3 aromatic rings. The fourth-order valence-corrected chi connectivity index (χ4v) is 5.16. The molecule has 0 unspecified atom stereocenters. The first-order valence-corrected chi connectivity index (χ1v) is 10.8. The lowest BCUT2D eigenvalue weighted by Gasteiger charge is -2.26. The number of hydrogen-bond acceptors (Lipinski definition) is 4. The Balaban J connectivity index is 1.39. The topological polar surface area (TPSA) is 45.7 Å². The first kappa shape index (κ1) is 18.0. The molecule has 1 saturated heterocycles. The number of carbonyl (C=O) groups is 1. The number of carbonyl (C=O) groups excluding carboxylic acids is 1. The van der Waals surface area contributed by atoms with E-state index in [1.807, 2.05) is 17.0 Å². The molecule has 5 nitrogen and oxygen atoms in total. The molecule has 152 valence electrons.